The maximum Gasteiger partial charge on any atom is 0.404 e. The van der Waals surface area contributed by atoms with Crippen LogP contribution in [-0.2, 0) is 17.7 Å². The Morgan fingerprint density at radius 3 is 2.62 bits per heavy atom. The van der Waals surface area contributed by atoms with E-state index < -0.39 is 6.09 Å². The Labute approximate surface area is 124 Å². The monoisotopic (exact) mass is 282 g/mol. The van der Waals surface area contributed by atoms with E-state index in [1.54, 1.807) is 0 Å². The molecule has 108 valence electrons. The summed E-state index contributed by atoms with van der Waals surface area (Å²) in [6.45, 7) is 1.45. The third kappa shape index (κ3) is 3.16. The Hall–Kier alpha value is -2.49. The van der Waals surface area contributed by atoms with E-state index in [4.69, 9.17) is 10.5 Å². The fourth-order valence-electron chi connectivity index (χ4n) is 2.84. The highest BCUT2D eigenvalue weighted by Gasteiger charge is 2.26. The van der Waals surface area contributed by atoms with Crippen molar-refractivity contribution in [2.24, 2.45) is 5.73 Å². The number of carbonyl (C=O) groups is 1. The van der Waals surface area contributed by atoms with Gasteiger partial charge in [0.2, 0.25) is 0 Å². The zero-order valence-corrected chi connectivity index (χ0v) is 11.7. The summed E-state index contributed by atoms with van der Waals surface area (Å²) in [5.41, 5.74) is 8.78. The number of rotatable bonds is 3. The summed E-state index contributed by atoms with van der Waals surface area (Å²) >= 11 is 0. The van der Waals surface area contributed by atoms with Gasteiger partial charge in [-0.05, 0) is 17.2 Å². The van der Waals surface area contributed by atoms with Gasteiger partial charge in [-0.15, -0.1) is 0 Å². The number of ether oxygens (including phenoxy) is 1. The van der Waals surface area contributed by atoms with Gasteiger partial charge in [0.25, 0.3) is 0 Å². The average Bonchev–Trinajstić information content (AvgIpc) is 2.47. The first-order valence-electron chi connectivity index (χ1n) is 7.05. The van der Waals surface area contributed by atoms with Gasteiger partial charge in [0.1, 0.15) is 6.10 Å². The van der Waals surface area contributed by atoms with E-state index in [1.807, 2.05) is 30.3 Å². The third-order valence-corrected chi connectivity index (χ3v) is 3.70. The number of benzene rings is 2. The van der Waals surface area contributed by atoms with Gasteiger partial charge in [0.15, 0.2) is 0 Å². The summed E-state index contributed by atoms with van der Waals surface area (Å²) in [5.74, 6) is 0. The number of hydrogen-bond acceptors (Lipinski definition) is 3. The van der Waals surface area contributed by atoms with Gasteiger partial charge in [-0.3, -0.25) is 0 Å². The van der Waals surface area contributed by atoms with Crippen molar-refractivity contribution in [3.8, 4) is 0 Å². The quantitative estimate of drug-likeness (QED) is 0.941. The van der Waals surface area contributed by atoms with Crippen LogP contribution in [0, 0.1) is 0 Å². The number of carbonyl (C=O) groups excluding carboxylic acids is 1. The molecule has 0 saturated heterocycles. The molecule has 3 rings (SSSR count). The summed E-state index contributed by atoms with van der Waals surface area (Å²) in [6, 6.07) is 18.5. The van der Waals surface area contributed by atoms with Crippen LogP contribution in [0.25, 0.3) is 0 Å². The van der Waals surface area contributed by atoms with Gasteiger partial charge in [0.05, 0.1) is 6.54 Å². The fraction of sp³-hybridized carbons (Fsp3) is 0.235. The lowest BCUT2D eigenvalue weighted by molar-refractivity contribution is 0.107. The van der Waals surface area contributed by atoms with E-state index in [9.17, 15) is 4.79 Å². The van der Waals surface area contributed by atoms with Gasteiger partial charge in [0, 0.05) is 18.7 Å². The number of primary amides is 1. The zero-order chi connectivity index (χ0) is 14.7. The summed E-state index contributed by atoms with van der Waals surface area (Å²) < 4.78 is 5.21. The SMILES string of the molecule is NC(=O)OC1Cc2ccccc2N(Cc2ccccc2)C1. The molecule has 1 aliphatic rings. The van der Waals surface area contributed by atoms with Crippen LogP contribution in [-0.4, -0.2) is 18.7 Å². The zero-order valence-electron chi connectivity index (χ0n) is 11.7. The van der Waals surface area contributed by atoms with Crippen LogP contribution in [0.3, 0.4) is 0 Å². The van der Waals surface area contributed by atoms with E-state index in [0.717, 1.165) is 6.54 Å². The van der Waals surface area contributed by atoms with Crippen molar-refractivity contribution in [3.05, 3.63) is 65.7 Å². The molecule has 4 heteroatoms. The molecule has 0 saturated carbocycles. The van der Waals surface area contributed by atoms with Crippen molar-refractivity contribution in [3.63, 3.8) is 0 Å². The highest BCUT2D eigenvalue weighted by molar-refractivity contribution is 5.65. The van der Waals surface area contributed by atoms with Crippen LogP contribution in [0.15, 0.2) is 54.6 Å². The second kappa shape index (κ2) is 5.87. The lowest BCUT2D eigenvalue weighted by atomic mass is 9.99. The molecule has 2 aromatic carbocycles. The third-order valence-electron chi connectivity index (χ3n) is 3.70. The van der Waals surface area contributed by atoms with Crippen LogP contribution in [0.2, 0.25) is 0 Å². The van der Waals surface area contributed by atoms with Crippen LogP contribution < -0.4 is 10.6 Å². The summed E-state index contributed by atoms with van der Waals surface area (Å²) in [7, 11) is 0. The second-order valence-corrected chi connectivity index (χ2v) is 5.26. The minimum Gasteiger partial charge on any atom is -0.444 e. The predicted molar refractivity (Wildman–Crippen MR) is 82.1 cm³/mol. The van der Waals surface area contributed by atoms with E-state index in [0.29, 0.717) is 13.0 Å². The second-order valence-electron chi connectivity index (χ2n) is 5.26. The number of hydrogen-bond donors (Lipinski definition) is 1. The minimum absolute atomic E-state index is 0.193. The molecule has 0 aliphatic carbocycles. The topological polar surface area (TPSA) is 55.6 Å². The number of fused-ring (bicyclic) bond motifs is 1. The molecule has 4 nitrogen and oxygen atoms in total. The Bertz CT molecular complexity index is 628. The van der Waals surface area contributed by atoms with Gasteiger partial charge >= 0.3 is 6.09 Å². The largest absolute Gasteiger partial charge is 0.444 e. The number of anilines is 1. The molecule has 0 fully saturated rings. The lowest BCUT2D eigenvalue weighted by Gasteiger charge is -2.35. The molecule has 1 unspecified atom stereocenters. The number of nitrogens with two attached hydrogens (primary N) is 1. The van der Waals surface area contributed by atoms with Crippen LogP contribution in [0.5, 0.6) is 0 Å². The first-order chi connectivity index (χ1) is 10.2. The summed E-state index contributed by atoms with van der Waals surface area (Å²) in [5, 5.41) is 0. The molecule has 21 heavy (non-hydrogen) atoms. The Morgan fingerprint density at radius 1 is 1.14 bits per heavy atom. The van der Waals surface area contributed by atoms with Crippen LogP contribution in [0.1, 0.15) is 11.1 Å². The van der Waals surface area contributed by atoms with Crippen molar-refractivity contribution in [1.82, 2.24) is 0 Å². The minimum atomic E-state index is -0.709. The van der Waals surface area contributed by atoms with Crippen molar-refractivity contribution < 1.29 is 9.53 Å². The molecule has 1 amide bonds. The first kappa shape index (κ1) is 13.5. The molecular formula is C17H18N2O2. The van der Waals surface area contributed by atoms with Crippen molar-refractivity contribution in [2.75, 3.05) is 11.4 Å². The van der Waals surface area contributed by atoms with E-state index in [-0.39, 0.29) is 6.10 Å². The molecule has 0 spiro atoms. The summed E-state index contributed by atoms with van der Waals surface area (Å²) in [4.78, 5) is 13.3. The molecule has 0 aromatic heterocycles. The molecule has 1 heterocycles. The summed E-state index contributed by atoms with van der Waals surface area (Å²) in [6.07, 6.45) is -0.190. The van der Waals surface area contributed by atoms with E-state index >= 15 is 0 Å². The fourth-order valence-corrected chi connectivity index (χ4v) is 2.84. The maximum absolute atomic E-state index is 11.0. The van der Waals surface area contributed by atoms with Crippen molar-refractivity contribution >= 4 is 11.8 Å². The van der Waals surface area contributed by atoms with Gasteiger partial charge in [-0.25, -0.2) is 4.79 Å². The normalized spacial score (nSPS) is 17.1. The number of para-hydroxylation sites is 1. The highest BCUT2D eigenvalue weighted by Crippen LogP contribution is 2.29. The average molecular weight is 282 g/mol. The lowest BCUT2D eigenvalue weighted by Crippen LogP contribution is -2.41. The molecule has 2 aromatic rings. The van der Waals surface area contributed by atoms with Gasteiger partial charge in [-0.1, -0.05) is 48.5 Å². The van der Waals surface area contributed by atoms with Crippen molar-refractivity contribution in [1.29, 1.82) is 0 Å². The first-order valence-corrected chi connectivity index (χ1v) is 7.05. The molecule has 0 bridgehead atoms. The highest BCUT2D eigenvalue weighted by atomic mass is 16.6. The van der Waals surface area contributed by atoms with Crippen molar-refractivity contribution in [2.45, 2.75) is 19.1 Å². The van der Waals surface area contributed by atoms with E-state index in [1.165, 1.54) is 16.8 Å². The van der Waals surface area contributed by atoms with E-state index in [2.05, 4.69) is 29.2 Å². The maximum atomic E-state index is 11.0. The smallest absolute Gasteiger partial charge is 0.404 e. The molecular weight excluding hydrogens is 264 g/mol. The Kier molecular flexibility index (Phi) is 3.77. The number of amides is 1. The van der Waals surface area contributed by atoms with Crippen LogP contribution in [0.4, 0.5) is 10.5 Å². The predicted octanol–water partition coefficient (Wildman–Crippen LogP) is 2.71. The Morgan fingerprint density at radius 2 is 1.86 bits per heavy atom. The van der Waals surface area contributed by atoms with Gasteiger partial charge in [-0.2, -0.15) is 0 Å². The standard InChI is InChI=1S/C17H18N2O2/c18-17(20)21-15-10-14-8-4-5-9-16(14)19(12-15)11-13-6-2-1-3-7-13/h1-9,15H,10-12H2,(H2,18,20). The van der Waals surface area contributed by atoms with Crippen LogP contribution >= 0.6 is 0 Å². The van der Waals surface area contributed by atoms with Gasteiger partial charge < -0.3 is 15.4 Å². The molecule has 0 radical (unpaired) electrons. The molecule has 1 atom stereocenters. The molecule has 1 aliphatic heterocycles. The molecule has 2 N–H and O–H groups in total. The number of nitrogens with zero attached hydrogens (tertiary/aromatic N) is 1. The Balaban J connectivity index is 1.85.